The minimum absolute atomic E-state index is 0.169. The fourth-order valence-corrected chi connectivity index (χ4v) is 2.80. The van der Waals surface area contributed by atoms with E-state index in [2.05, 4.69) is 15.3 Å². The summed E-state index contributed by atoms with van der Waals surface area (Å²) in [5.74, 6) is -0.961. The summed E-state index contributed by atoms with van der Waals surface area (Å²) in [6.45, 7) is 1.84. The largest absolute Gasteiger partial charge is 0.419 e. The summed E-state index contributed by atoms with van der Waals surface area (Å²) in [6.07, 6.45) is -4.30. The quantitative estimate of drug-likeness (QED) is 0.616. The predicted molar refractivity (Wildman–Crippen MR) is 97.1 cm³/mol. The van der Waals surface area contributed by atoms with E-state index < -0.39 is 23.7 Å². The summed E-state index contributed by atoms with van der Waals surface area (Å²) >= 11 is 0. The highest BCUT2D eigenvalue weighted by Crippen LogP contribution is 2.34. The number of anilines is 1. The molecule has 1 atom stereocenters. The SMILES string of the molecule is Cc1c(NCC(O)c2ccccc2)ncnc1-c1ccc(C(F)(F)F)c(F)c1. The zero-order chi connectivity index (χ0) is 20.3. The van der Waals surface area contributed by atoms with Gasteiger partial charge in [-0.2, -0.15) is 13.2 Å². The lowest BCUT2D eigenvalue weighted by Gasteiger charge is -2.15. The predicted octanol–water partition coefficient (Wildman–Crippen LogP) is 4.76. The molecule has 2 aromatic carbocycles. The van der Waals surface area contributed by atoms with Crippen LogP contribution in [-0.4, -0.2) is 21.6 Å². The van der Waals surface area contributed by atoms with Gasteiger partial charge in [-0.1, -0.05) is 36.4 Å². The van der Waals surface area contributed by atoms with E-state index >= 15 is 0 Å². The third kappa shape index (κ3) is 4.28. The maximum atomic E-state index is 13.9. The maximum absolute atomic E-state index is 13.9. The molecule has 1 heterocycles. The number of halogens is 4. The molecule has 0 spiro atoms. The van der Waals surface area contributed by atoms with Crippen LogP contribution < -0.4 is 5.32 Å². The molecule has 28 heavy (non-hydrogen) atoms. The molecule has 8 heteroatoms. The minimum Gasteiger partial charge on any atom is -0.387 e. The molecule has 2 N–H and O–H groups in total. The van der Waals surface area contributed by atoms with E-state index in [1.165, 1.54) is 12.4 Å². The average molecular weight is 391 g/mol. The summed E-state index contributed by atoms with van der Waals surface area (Å²) < 4.78 is 52.1. The van der Waals surface area contributed by atoms with E-state index in [1.54, 1.807) is 19.1 Å². The number of aliphatic hydroxyl groups is 1. The van der Waals surface area contributed by atoms with Crippen molar-refractivity contribution in [2.45, 2.75) is 19.2 Å². The molecule has 3 aromatic rings. The van der Waals surface area contributed by atoms with Crippen molar-refractivity contribution in [1.82, 2.24) is 9.97 Å². The van der Waals surface area contributed by atoms with Crippen molar-refractivity contribution < 1.29 is 22.7 Å². The second-order valence-electron chi connectivity index (χ2n) is 6.20. The van der Waals surface area contributed by atoms with Crippen molar-refractivity contribution in [2.75, 3.05) is 11.9 Å². The number of rotatable bonds is 5. The Morgan fingerprint density at radius 2 is 1.79 bits per heavy atom. The summed E-state index contributed by atoms with van der Waals surface area (Å²) in [7, 11) is 0. The van der Waals surface area contributed by atoms with E-state index in [1.807, 2.05) is 18.2 Å². The Balaban J connectivity index is 1.82. The number of aromatic nitrogens is 2. The first-order valence-electron chi connectivity index (χ1n) is 8.43. The van der Waals surface area contributed by atoms with Crippen LogP contribution in [0, 0.1) is 12.7 Å². The molecular formula is C20H17F4N3O. The van der Waals surface area contributed by atoms with Gasteiger partial charge in [0, 0.05) is 17.7 Å². The standard InChI is InChI=1S/C20H17F4N3O/c1-12-18(14-7-8-15(16(21)9-14)20(22,23)24)26-11-27-19(12)25-10-17(28)13-5-3-2-4-6-13/h2-9,11,17,28H,10H2,1H3,(H,25,26,27). The van der Waals surface area contributed by atoms with Gasteiger partial charge in [0.2, 0.25) is 0 Å². The molecule has 0 fully saturated rings. The first-order chi connectivity index (χ1) is 13.3. The lowest BCUT2D eigenvalue weighted by molar-refractivity contribution is -0.139. The number of hydrogen-bond donors (Lipinski definition) is 2. The molecule has 0 aliphatic rings. The smallest absolute Gasteiger partial charge is 0.387 e. The van der Waals surface area contributed by atoms with Crippen molar-refractivity contribution in [3.63, 3.8) is 0 Å². The normalized spacial score (nSPS) is 12.6. The molecule has 146 valence electrons. The molecule has 0 saturated carbocycles. The molecule has 0 saturated heterocycles. The first kappa shape index (κ1) is 19.8. The third-order valence-corrected chi connectivity index (χ3v) is 4.28. The zero-order valence-electron chi connectivity index (χ0n) is 14.8. The van der Waals surface area contributed by atoms with E-state index in [4.69, 9.17) is 0 Å². The fourth-order valence-electron chi connectivity index (χ4n) is 2.80. The van der Waals surface area contributed by atoms with Gasteiger partial charge in [0.25, 0.3) is 0 Å². The van der Waals surface area contributed by atoms with Gasteiger partial charge in [-0.3, -0.25) is 0 Å². The number of nitrogens with zero attached hydrogens (tertiary/aromatic N) is 2. The summed E-state index contributed by atoms with van der Waals surface area (Å²) in [4.78, 5) is 8.17. The zero-order valence-corrected chi connectivity index (χ0v) is 14.8. The molecule has 4 nitrogen and oxygen atoms in total. The van der Waals surface area contributed by atoms with Gasteiger partial charge in [-0.25, -0.2) is 14.4 Å². The van der Waals surface area contributed by atoms with Gasteiger partial charge in [-0.15, -0.1) is 0 Å². The van der Waals surface area contributed by atoms with E-state index in [-0.39, 0.29) is 12.1 Å². The maximum Gasteiger partial charge on any atom is 0.419 e. The lowest BCUT2D eigenvalue weighted by Crippen LogP contribution is -2.14. The van der Waals surface area contributed by atoms with Crippen LogP contribution in [0.2, 0.25) is 0 Å². The van der Waals surface area contributed by atoms with E-state index in [0.29, 0.717) is 23.1 Å². The highest BCUT2D eigenvalue weighted by atomic mass is 19.4. The Morgan fingerprint density at radius 3 is 2.43 bits per heavy atom. The molecule has 1 unspecified atom stereocenters. The fraction of sp³-hybridized carbons (Fsp3) is 0.200. The van der Waals surface area contributed by atoms with Crippen LogP contribution in [0.25, 0.3) is 11.3 Å². The van der Waals surface area contributed by atoms with Crippen molar-refractivity contribution >= 4 is 5.82 Å². The van der Waals surface area contributed by atoms with Crippen LogP contribution in [0.4, 0.5) is 23.4 Å². The van der Waals surface area contributed by atoms with Crippen LogP contribution in [0.15, 0.2) is 54.9 Å². The monoisotopic (exact) mass is 391 g/mol. The Labute approximate surface area is 158 Å². The van der Waals surface area contributed by atoms with Gasteiger partial charge < -0.3 is 10.4 Å². The number of alkyl halides is 3. The van der Waals surface area contributed by atoms with Crippen LogP contribution in [0.5, 0.6) is 0 Å². The van der Waals surface area contributed by atoms with Crippen LogP contribution in [0.3, 0.4) is 0 Å². The Kier molecular flexibility index (Phi) is 5.60. The number of hydrogen-bond acceptors (Lipinski definition) is 4. The Bertz CT molecular complexity index is 961. The van der Waals surface area contributed by atoms with Gasteiger partial charge >= 0.3 is 6.18 Å². The summed E-state index contributed by atoms with van der Waals surface area (Å²) in [6, 6.07) is 11.7. The second kappa shape index (κ2) is 7.93. The average Bonchev–Trinajstić information content (AvgIpc) is 2.66. The molecule has 0 bridgehead atoms. The number of nitrogens with one attached hydrogen (secondary N) is 1. The van der Waals surface area contributed by atoms with Crippen molar-refractivity contribution in [3.05, 3.63) is 77.4 Å². The van der Waals surface area contributed by atoms with E-state index in [9.17, 15) is 22.7 Å². The molecule has 0 aliphatic heterocycles. The molecular weight excluding hydrogens is 374 g/mol. The van der Waals surface area contributed by atoms with Crippen LogP contribution in [-0.2, 0) is 6.18 Å². The molecule has 1 aromatic heterocycles. The topological polar surface area (TPSA) is 58.0 Å². The number of aliphatic hydroxyl groups excluding tert-OH is 1. The molecule has 3 rings (SSSR count). The molecule has 0 radical (unpaired) electrons. The van der Waals surface area contributed by atoms with Gasteiger partial charge in [0.15, 0.2) is 0 Å². The highest BCUT2D eigenvalue weighted by molar-refractivity contribution is 5.68. The lowest BCUT2D eigenvalue weighted by atomic mass is 10.0. The molecule has 0 aliphatic carbocycles. The van der Waals surface area contributed by atoms with E-state index in [0.717, 1.165) is 11.6 Å². The van der Waals surface area contributed by atoms with Crippen molar-refractivity contribution in [3.8, 4) is 11.3 Å². The first-order valence-corrected chi connectivity index (χ1v) is 8.43. The van der Waals surface area contributed by atoms with Gasteiger partial charge in [-0.05, 0) is 24.6 Å². The summed E-state index contributed by atoms with van der Waals surface area (Å²) in [5, 5.41) is 13.2. The van der Waals surface area contributed by atoms with Crippen molar-refractivity contribution in [2.24, 2.45) is 0 Å². The Hall–Kier alpha value is -3.00. The molecule has 0 amide bonds. The van der Waals surface area contributed by atoms with Crippen LogP contribution >= 0.6 is 0 Å². The number of benzene rings is 2. The van der Waals surface area contributed by atoms with Crippen LogP contribution in [0.1, 0.15) is 22.8 Å². The minimum atomic E-state index is -4.76. The van der Waals surface area contributed by atoms with Gasteiger partial charge in [0.1, 0.15) is 18.0 Å². The Morgan fingerprint density at radius 1 is 1.07 bits per heavy atom. The van der Waals surface area contributed by atoms with Gasteiger partial charge in [0.05, 0.1) is 17.4 Å². The second-order valence-corrected chi connectivity index (χ2v) is 6.20. The highest BCUT2D eigenvalue weighted by Gasteiger charge is 2.34. The third-order valence-electron chi connectivity index (χ3n) is 4.28. The summed E-state index contributed by atoms with van der Waals surface area (Å²) in [5.41, 5.74) is 0.442. The van der Waals surface area contributed by atoms with Crippen molar-refractivity contribution in [1.29, 1.82) is 0 Å².